The molecule has 30 heavy (non-hydrogen) atoms. The monoisotopic (exact) mass is 420 g/mol. The molecule has 0 aromatic heterocycles. The third kappa shape index (κ3) is 10.7. The standard InChI is InChI=1S/C20H32N6O4/c1-15(11-21-27)3-5-19(13-23-29)25-17-7-9-18(10-8-17)26-20(14-24-30)6-4-16(2)12-22-28/h7-10,15-16,19-20,25-26H,3-6,11-14H2,1-2H3. The van der Waals surface area contributed by atoms with Crippen LogP contribution in [0.4, 0.5) is 11.4 Å². The maximum atomic E-state index is 10.7. The van der Waals surface area contributed by atoms with Crippen molar-refractivity contribution in [3.05, 3.63) is 43.9 Å². The maximum absolute atomic E-state index is 10.7. The molecule has 0 spiro atoms. The normalized spacial score (nSPS) is 14.7. The van der Waals surface area contributed by atoms with Crippen LogP contribution in [-0.2, 0) is 0 Å². The van der Waals surface area contributed by atoms with Crippen LogP contribution in [0.25, 0.3) is 0 Å². The van der Waals surface area contributed by atoms with Gasteiger partial charge in [0.15, 0.2) is 0 Å². The fourth-order valence-corrected chi connectivity index (χ4v) is 3.14. The van der Waals surface area contributed by atoms with Gasteiger partial charge in [-0.2, -0.15) is 19.6 Å². The molecule has 0 aliphatic carbocycles. The molecule has 0 amide bonds. The summed E-state index contributed by atoms with van der Waals surface area (Å²) in [6.45, 7) is 4.72. The molecule has 0 heterocycles. The van der Waals surface area contributed by atoms with Crippen LogP contribution >= 0.6 is 0 Å². The third-order valence-electron chi connectivity index (χ3n) is 5.00. The van der Waals surface area contributed by atoms with Crippen LogP contribution in [-0.4, -0.2) is 38.3 Å². The fourth-order valence-electron chi connectivity index (χ4n) is 3.14. The molecular formula is C20H32N6O4. The molecule has 166 valence electrons. The van der Waals surface area contributed by atoms with Crippen molar-refractivity contribution < 1.29 is 0 Å². The first kappa shape index (κ1) is 25.3. The SMILES string of the molecule is CC(CCC(CN=O)Nc1ccc(NC(CCC(C)CN=O)CN=O)cc1)CN=O. The quantitative estimate of drug-likeness (QED) is 0.315. The Morgan fingerprint density at radius 1 is 0.600 bits per heavy atom. The highest BCUT2D eigenvalue weighted by Crippen LogP contribution is 2.19. The lowest BCUT2D eigenvalue weighted by atomic mass is 10.0. The Kier molecular flexibility index (Phi) is 12.7. The summed E-state index contributed by atoms with van der Waals surface area (Å²) in [5.41, 5.74) is 1.71. The van der Waals surface area contributed by atoms with Gasteiger partial charge in [-0.25, -0.2) is 0 Å². The van der Waals surface area contributed by atoms with E-state index in [0.717, 1.165) is 24.2 Å². The number of nitroso groups, excluding NO2 is 4. The average Bonchev–Trinajstić information content (AvgIpc) is 2.72. The van der Waals surface area contributed by atoms with Crippen molar-refractivity contribution in [3.8, 4) is 0 Å². The summed E-state index contributed by atoms with van der Waals surface area (Å²) in [6.07, 6.45) is 2.97. The van der Waals surface area contributed by atoms with Gasteiger partial charge in [0.25, 0.3) is 0 Å². The van der Waals surface area contributed by atoms with Crippen LogP contribution in [0.15, 0.2) is 45.0 Å². The highest BCUT2D eigenvalue weighted by Gasteiger charge is 2.14. The second kappa shape index (κ2) is 15.1. The number of hydrogen-bond acceptors (Lipinski definition) is 10. The fraction of sp³-hybridized carbons (Fsp3) is 0.700. The van der Waals surface area contributed by atoms with E-state index in [1.807, 2.05) is 38.1 Å². The maximum Gasteiger partial charge on any atom is 0.101 e. The van der Waals surface area contributed by atoms with Crippen molar-refractivity contribution in [1.29, 1.82) is 0 Å². The van der Waals surface area contributed by atoms with Gasteiger partial charge >= 0.3 is 0 Å². The summed E-state index contributed by atoms with van der Waals surface area (Å²) in [6, 6.07) is 7.33. The van der Waals surface area contributed by atoms with E-state index in [0.29, 0.717) is 12.8 Å². The first-order valence-corrected chi connectivity index (χ1v) is 10.3. The Balaban J connectivity index is 2.61. The van der Waals surface area contributed by atoms with Crippen LogP contribution in [0.1, 0.15) is 39.5 Å². The van der Waals surface area contributed by atoms with Crippen molar-refractivity contribution in [2.45, 2.75) is 51.6 Å². The third-order valence-corrected chi connectivity index (χ3v) is 5.00. The van der Waals surface area contributed by atoms with Gasteiger partial charge < -0.3 is 10.6 Å². The molecule has 1 rings (SSSR count). The Bertz CT molecular complexity index is 588. The van der Waals surface area contributed by atoms with Crippen molar-refractivity contribution in [3.63, 3.8) is 0 Å². The molecule has 0 saturated heterocycles. The van der Waals surface area contributed by atoms with E-state index in [-0.39, 0.29) is 50.1 Å². The van der Waals surface area contributed by atoms with E-state index >= 15 is 0 Å². The summed E-state index contributed by atoms with van der Waals surface area (Å²) in [4.78, 5) is 42.2. The Labute approximate surface area is 176 Å². The van der Waals surface area contributed by atoms with Crippen molar-refractivity contribution >= 4 is 11.4 Å². The van der Waals surface area contributed by atoms with Gasteiger partial charge in [-0.3, -0.25) is 0 Å². The van der Waals surface area contributed by atoms with E-state index in [1.165, 1.54) is 0 Å². The van der Waals surface area contributed by atoms with E-state index < -0.39 is 0 Å². The Hall–Kier alpha value is -2.78. The number of nitrogens with one attached hydrogen (secondary N) is 2. The van der Waals surface area contributed by atoms with Gasteiger partial charge in [-0.15, -0.1) is 0 Å². The van der Waals surface area contributed by atoms with Crippen molar-refractivity contribution in [2.75, 3.05) is 36.8 Å². The second-order valence-electron chi connectivity index (χ2n) is 7.87. The summed E-state index contributed by atoms with van der Waals surface area (Å²) in [5.74, 6) is 0.330. The summed E-state index contributed by atoms with van der Waals surface area (Å²) < 4.78 is 0. The van der Waals surface area contributed by atoms with E-state index in [4.69, 9.17) is 0 Å². The molecule has 4 atom stereocenters. The topological polar surface area (TPSA) is 142 Å². The predicted octanol–water partition coefficient (Wildman–Crippen LogP) is 5.15. The Morgan fingerprint density at radius 3 is 1.23 bits per heavy atom. The first-order valence-electron chi connectivity index (χ1n) is 10.3. The first-order chi connectivity index (χ1) is 14.5. The number of anilines is 2. The lowest BCUT2D eigenvalue weighted by Gasteiger charge is -2.20. The zero-order chi connectivity index (χ0) is 22.2. The minimum atomic E-state index is -0.115. The molecule has 10 nitrogen and oxygen atoms in total. The molecule has 0 fully saturated rings. The molecule has 4 unspecified atom stereocenters. The minimum Gasteiger partial charge on any atom is -0.380 e. The largest absolute Gasteiger partial charge is 0.380 e. The van der Waals surface area contributed by atoms with Crippen LogP contribution in [0.3, 0.4) is 0 Å². The molecule has 1 aromatic carbocycles. The second-order valence-corrected chi connectivity index (χ2v) is 7.87. The minimum absolute atomic E-state index is 0.115. The van der Waals surface area contributed by atoms with Gasteiger partial charge in [-0.05, 0) is 61.8 Å². The lowest BCUT2D eigenvalue weighted by molar-refractivity contribution is 0.490. The predicted molar refractivity (Wildman–Crippen MR) is 121 cm³/mol. The molecular weight excluding hydrogens is 388 g/mol. The summed E-state index contributed by atoms with van der Waals surface area (Å²) in [7, 11) is 0. The van der Waals surface area contributed by atoms with Crippen LogP contribution in [0.5, 0.6) is 0 Å². The number of nitrogens with zero attached hydrogens (tertiary/aromatic N) is 4. The number of hydrogen-bond donors (Lipinski definition) is 2. The van der Waals surface area contributed by atoms with Gasteiger partial charge in [0.1, 0.15) is 13.1 Å². The van der Waals surface area contributed by atoms with Crippen molar-refractivity contribution in [2.24, 2.45) is 32.5 Å². The highest BCUT2D eigenvalue weighted by atomic mass is 16.3. The lowest BCUT2D eigenvalue weighted by Crippen LogP contribution is -2.24. The van der Waals surface area contributed by atoms with E-state index in [9.17, 15) is 19.6 Å². The summed E-state index contributed by atoms with van der Waals surface area (Å²) in [5, 5.41) is 18.4. The molecule has 0 aliphatic heterocycles. The molecule has 0 radical (unpaired) electrons. The molecule has 0 saturated carbocycles. The van der Waals surface area contributed by atoms with Crippen molar-refractivity contribution in [1.82, 2.24) is 0 Å². The summed E-state index contributed by atoms with van der Waals surface area (Å²) >= 11 is 0. The number of benzene rings is 1. The smallest absolute Gasteiger partial charge is 0.101 e. The molecule has 10 heteroatoms. The van der Waals surface area contributed by atoms with Gasteiger partial charge in [-0.1, -0.05) is 34.6 Å². The van der Waals surface area contributed by atoms with Crippen LogP contribution in [0, 0.1) is 31.5 Å². The molecule has 0 bridgehead atoms. The van der Waals surface area contributed by atoms with Gasteiger partial charge in [0.2, 0.25) is 0 Å². The van der Waals surface area contributed by atoms with Gasteiger partial charge in [0.05, 0.1) is 13.1 Å². The molecule has 0 aliphatic rings. The van der Waals surface area contributed by atoms with Gasteiger partial charge in [0, 0.05) is 23.5 Å². The Morgan fingerprint density at radius 2 is 0.933 bits per heavy atom. The average molecular weight is 421 g/mol. The highest BCUT2D eigenvalue weighted by molar-refractivity contribution is 5.54. The zero-order valence-corrected chi connectivity index (χ0v) is 17.7. The van der Waals surface area contributed by atoms with Crippen LogP contribution < -0.4 is 10.6 Å². The molecule has 2 N–H and O–H groups in total. The number of rotatable bonds is 18. The van der Waals surface area contributed by atoms with E-state index in [2.05, 4.69) is 31.3 Å². The molecule has 1 aromatic rings. The van der Waals surface area contributed by atoms with E-state index in [1.54, 1.807) is 0 Å². The van der Waals surface area contributed by atoms with Crippen LogP contribution in [0.2, 0.25) is 0 Å². The zero-order valence-electron chi connectivity index (χ0n) is 17.7.